The molecule has 28 heavy (non-hydrogen) atoms. The molecule has 0 saturated carbocycles. The molecule has 0 aromatic heterocycles. The van der Waals surface area contributed by atoms with Crippen LogP contribution in [0.2, 0.25) is 0 Å². The van der Waals surface area contributed by atoms with Gasteiger partial charge in [0, 0.05) is 5.57 Å². The Morgan fingerprint density at radius 3 is 2.04 bits per heavy atom. The lowest BCUT2D eigenvalue weighted by molar-refractivity contribution is -0.109. The van der Waals surface area contributed by atoms with Gasteiger partial charge in [-0.1, -0.05) is 90.5 Å². The van der Waals surface area contributed by atoms with Gasteiger partial charge in [-0.2, -0.15) is 0 Å². The minimum Gasteiger partial charge on any atom is -0.289 e. The molecule has 3 aromatic carbocycles. The summed E-state index contributed by atoms with van der Waals surface area (Å²) in [5.41, 5.74) is 8.48. The lowest BCUT2D eigenvalue weighted by Crippen LogP contribution is -2.07. The maximum absolute atomic E-state index is 12.7. The van der Waals surface area contributed by atoms with Gasteiger partial charge in [-0.25, -0.2) is 0 Å². The smallest absolute Gasteiger partial charge is 0.186 e. The fourth-order valence-corrected chi connectivity index (χ4v) is 3.60. The number of rotatable bonds is 3. The van der Waals surface area contributed by atoms with Gasteiger partial charge < -0.3 is 0 Å². The molecule has 1 aliphatic carbocycles. The first-order valence-electron chi connectivity index (χ1n) is 9.50. The third kappa shape index (κ3) is 3.52. The average Bonchev–Trinajstić information content (AvgIpc) is 2.72. The van der Waals surface area contributed by atoms with Gasteiger partial charge in [0.05, 0.1) is 0 Å². The minimum absolute atomic E-state index is 0.0590. The van der Waals surface area contributed by atoms with E-state index in [1.54, 1.807) is 6.08 Å². The van der Waals surface area contributed by atoms with Crippen LogP contribution in [0.25, 0.3) is 16.7 Å². The Morgan fingerprint density at radius 2 is 1.32 bits per heavy atom. The van der Waals surface area contributed by atoms with Gasteiger partial charge in [-0.3, -0.25) is 4.79 Å². The van der Waals surface area contributed by atoms with Crippen molar-refractivity contribution in [2.45, 2.75) is 13.8 Å². The molecule has 0 heterocycles. The van der Waals surface area contributed by atoms with E-state index in [0.29, 0.717) is 0 Å². The largest absolute Gasteiger partial charge is 0.289 e. The molecular weight excluding hydrogens is 340 g/mol. The molecule has 0 unspecified atom stereocenters. The lowest BCUT2D eigenvalue weighted by Gasteiger charge is -2.17. The van der Waals surface area contributed by atoms with Crippen LogP contribution in [0, 0.1) is 6.92 Å². The zero-order valence-electron chi connectivity index (χ0n) is 16.1. The van der Waals surface area contributed by atoms with Gasteiger partial charge in [-0.15, -0.1) is 0 Å². The van der Waals surface area contributed by atoms with Crippen molar-refractivity contribution < 1.29 is 4.79 Å². The predicted octanol–water partition coefficient (Wildman–Crippen LogP) is 6.50. The second-order valence-corrected chi connectivity index (χ2v) is 7.13. The van der Waals surface area contributed by atoms with Gasteiger partial charge in [0.15, 0.2) is 5.78 Å². The van der Waals surface area contributed by atoms with Gasteiger partial charge in [0.25, 0.3) is 0 Å². The average molecular weight is 362 g/mol. The van der Waals surface area contributed by atoms with Crippen molar-refractivity contribution in [3.8, 4) is 0 Å². The van der Waals surface area contributed by atoms with Crippen LogP contribution in [-0.2, 0) is 4.79 Å². The number of fused-ring (bicyclic) bond motifs is 1. The number of carbonyl (C=O) groups is 1. The van der Waals surface area contributed by atoms with E-state index in [1.165, 1.54) is 5.56 Å². The summed E-state index contributed by atoms with van der Waals surface area (Å²) >= 11 is 0. The summed E-state index contributed by atoms with van der Waals surface area (Å²) in [7, 11) is 0. The first kappa shape index (κ1) is 17.9. The Bertz CT molecular complexity index is 1110. The van der Waals surface area contributed by atoms with E-state index in [2.05, 4.69) is 55.5 Å². The Balaban J connectivity index is 1.86. The van der Waals surface area contributed by atoms with Crippen molar-refractivity contribution in [2.24, 2.45) is 0 Å². The molecule has 3 aromatic rings. The van der Waals surface area contributed by atoms with Gasteiger partial charge in [-0.05, 0) is 59.4 Å². The minimum atomic E-state index is 0.0590. The Labute approximate surface area is 166 Å². The van der Waals surface area contributed by atoms with E-state index < -0.39 is 0 Å². The van der Waals surface area contributed by atoms with Crippen LogP contribution in [-0.4, -0.2) is 5.78 Å². The zero-order valence-corrected chi connectivity index (χ0v) is 16.1. The second-order valence-electron chi connectivity index (χ2n) is 7.13. The van der Waals surface area contributed by atoms with Crippen LogP contribution in [0.4, 0.5) is 0 Å². The maximum Gasteiger partial charge on any atom is 0.186 e. The van der Waals surface area contributed by atoms with Gasteiger partial charge in [0.2, 0.25) is 0 Å². The summed E-state index contributed by atoms with van der Waals surface area (Å²) in [4.78, 5) is 12.7. The van der Waals surface area contributed by atoms with Crippen LogP contribution in [0.1, 0.15) is 34.7 Å². The van der Waals surface area contributed by atoms with E-state index in [4.69, 9.17) is 0 Å². The lowest BCUT2D eigenvalue weighted by atomic mass is 9.86. The molecule has 0 spiro atoms. The molecule has 0 bridgehead atoms. The summed E-state index contributed by atoms with van der Waals surface area (Å²) in [6.07, 6.45) is 5.76. The number of aryl methyl sites for hydroxylation is 1. The Hall–Kier alpha value is -3.45. The fraction of sp³-hybridized carbons (Fsp3) is 0.0741. The van der Waals surface area contributed by atoms with Crippen LogP contribution < -0.4 is 0 Å². The number of ketones is 1. The van der Waals surface area contributed by atoms with Crippen molar-refractivity contribution >= 4 is 22.5 Å². The highest BCUT2D eigenvalue weighted by atomic mass is 16.1. The number of carbonyl (C=O) groups excluding carboxylic acids is 1. The zero-order chi connectivity index (χ0) is 19.5. The van der Waals surface area contributed by atoms with Crippen molar-refractivity contribution in [1.29, 1.82) is 0 Å². The summed E-state index contributed by atoms with van der Waals surface area (Å²) in [5, 5.41) is 0. The van der Waals surface area contributed by atoms with E-state index in [0.717, 1.165) is 39.0 Å². The summed E-state index contributed by atoms with van der Waals surface area (Å²) in [6, 6.07) is 26.9. The fourth-order valence-electron chi connectivity index (χ4n) is 3.60. The summed E-state index contributed by atoms with van der Waals surface area (Å²) in [6.45, 7) is 4.08. The van der Waals surface area contributed by atoms with E-state index in [-0.39, 0.29) is 5.78 Å². The number of benzene rings is 3. The topological polar surface area (TPSA) is 17.1 Å². The van der Waals surface area contributed by atoms with E-state index in [9.17, 15) is 4.79 Å². The van der Waals surface area contributed by atoms with Crippen LogP contribution in [0.3, 0.4) is 0 Å². The van der Waals surface area contributed by atoms with Crippen molar-refractivity contribution in [2.75, 3.05) is 0 Å². The first-order chi connectivity index (χ1) is 13.6. The number of hydrogen-bond acceptors (Lipinski definition) is 1. The highest BCUT2D eigenvalue weighted by molar-refractivity contribution is 6.31. The van der Waals surface area contributed by atoms with Crippen LogP contribution >= 0.6 is 0 Å². The van der Waals surface area contributed by atoms with Crippen molar-refractivity contribution in [1.82, 2.24) is 0 Å². The molecule has 1 aliphatic rings. The maximum atomic E-state index is 12.7. The molecule has 0 aliphatic heterocycles. The first-order valence-corrected chi connectivity index (χ1v) is 9.50. The molecule has 0 N–H and O–H groups in total. The number of allylic oxidation sites excluding steroid dienone is 5. The predicted molar refractivity (Wildman–Crippen MR) is 118 cm³/mol. The van der Waals surface area contributed by atoms with E-state index in [1.807, 2.05) is 49.4 Å². The molecule has 0 amide bonds. The second kappa shape index (κ2) is 7.66. The highest BCUT2D eigenvalue weighted by Crippen LogP contribution is 2.32. The monoisotopic (exact) mass is 362 g/mol. The molecule has 1 heteroatoms. The Kier molecular flexibility index (Phi) is 4.90. The Morgan fingerprint density at radius 1 is 0.714 bits per heavy atom. The van der Waals surface area contributed by atoms with Crippen LogP contribution in [0.15, 0.2) is 97.1 Å². The van der Waals surface area contributed by atoms with Crippen molar-refractivity contribution in [3.63, 3.8) is 0 Å². The highest BCUT2D eigenvalue weighted by Gasteiger charge is 2.19. The van der Waals surface area contributed by atoms with Gasteiger partial charge >= 0.3 is 0 Å². The van der Waals surface area contributed by atoms with Gasteiger partial charge in [0.1, 0.15) is 0 Å². The molecule has 0 atom stereocenters. The quantitative estimate of drug-likeness (QED) is 0.486. The molecular formula is C27H22O. The van der Waals surface area contributed by atoms with E-state index >= 15 is 0 Å². The number of hydrogen-bond donors (Lipinski definition) is 0. The third-order valence-corrected chi connectivity index (χ3v) is 5.12. The molecule has 136 valence electrons. The molecule has 1 nitrogen and oxygen atoms in total. The molecule has 0 radical (unpaired) electrons. The molecule has 0 saturated heterocycles. The standard InChI is InChI=1S/C27H22O/c1-19-12-14-22(15-13-19)24(21-8-4-3-5-9-21)16-17-26-25-11-7-6-10-23(25)20(2)18-27(26)28/h3-18H,1-2H3/b24-16-,26-17-. The summed E-state index contributed by atoms with van der Waals surface area (Å²) < 4.78 is 0. The molecule has 4 rings (SSSR count). The van der Waals surface area contributed by atoms with Crippen LogP contribution in [0.5, 0.6) is 0 Å². The molecule has 0 fully saturated rings. The third-order valence-electron chi connectivity index (χ3n) is 5.12. The SMILES string of the molecule is CC1=CC(=O)/C(=C\C=C(\c2ccccc2)c2ccc(C)cc2)c2ccccc21. The normalized spacial score (nSPS) is 15.4. The summed E-state index contributed by atoms with van der Waals surface area (Å²) in [5.74, 6) is 0.0590. The van der Waals surface area contributed by atoms with Crippen molar-refractivity contribution in [3.05, 3.63) is 125 Å².